The van der Waals surface area contributed by atoms with Crippen LogP contribution in [0.4, 0.5) is 63.3 Å². The van der Waals surface area contributed by atoms with E-state index < -0.39 is 117 Å². The lowest BCUT2D eigenvalue weighted by molar-refractivity contribution is 0.323. The second-order valence-electron chi connectivity index (χ2n) is 8.05. The lowest BCUT2D eigenvalue weighted by atomic mass is 9.96. The summed E-state index contributed by atoms with van der Waals surface area (Å²) in [5.41, 5.74) is -1.72. The minimum Gasteiger partial charge on any atom is -0.203 e. The van der Waals surface area contributed by atoms with Gasteiger partial charge in [-0.05, 0) is 24.0 Å². The van der Waals surface area contributed by atoms with E-state index in [0.29, 0.717) is 4.90 Å². The number of hydrogen-bond acceptors (Lipinski definition) is 2. The summed E-state index contributed by atoms with van der Waals surface area (Å²) >= 11 is 0.00266. The highest BCUT2D eigenvalue weighted by atomic mass is 32.5. The van der Waals surface area contributed by atoms with Gasteiger partial charge in [-0.15, -0.1) is 11.8 Å². The van der Waals surface area contributed by atoms with Crippen molar-refractivity contribution in [2.24, 2.45) is 0 Å². The number of thioether (sulfide) groups is 1. The first-order valence-electron chi connectivity index (χ1n) is 10.2. The summed E-state index contributed by atoms with van der Waals surface area (Å²) in [6, 6.07) is 4.54. The maximum atomic E-state index is 15.3. The molecule has 0 atom stereocenters. The number of benzene rings is 4. The van der Waals surface area contributed by atoms with Crippen LogP contribution in [0.1, 0.15) is 0 Å². The highest BCUT2D eigenvalue weighted by Crippen LogP contribution is 3.02. The van der Waals surface area contributed by atoms with E-state index >= 15 is 8.78 Å². The van der Waals surface area contributed by atoms with Gasteiger partial charge in [0.25, 0.3) is 0 Å². The van der Waals surface area contributed by atoms with Crippen molar-refractivity contribution in [2.75, 3.05) is 6.26 Å². The topological polar surface area (TPSA) is 0 Å². The number of rotatable bonds is 5. The van der Waals surface area contributed by atoms with E-state index in [1.807, 2.05) is 0 Å². The van der Waals surface area contributed by atoms with Crippen LogP contribution in [0.3, 0.4) is 0 Å². The van der Waals surface area contributed by atoms with Gasteiger partial charge in [0.05, 0.1) is 9.79 Å². The molecule has 0 aliphatic rings. The SMILES string of the molecule is CSc1ccc(-c2c(F)c(F)c(Sc3c(F)c(F)c(S(F)(F)(F)(F)F)c(F)c3F)c3c(F)c(F)c(F)c(F)c23)cc1. The Morgan fingerprint density at radius 3 is 1.37 bits per heavy atom. The Bertz CT molecular complexity index is 1740. The summed E-state index contributed by atoms with van der Waals surface area (Å²) in [6.45, 7) is 0. The molecule has 0 N–H and O–H groups in total. The van der Waals surface area contributed by atoms with Gasteiger partial charge in [-0.25, -0.2) is 43.9 Å². The van der Waals surface area contributed by atoms with Crippen LogP contribution in [0, 0.1) is 58.2 Å². The van der Waals surface area contributed by atoms with E-state index in [1.54, 1.807) is 6.26 Å². The van der Waals surface area contributed by atoms with Gasteiger partial charge >= 0.3 is 10.2 Å². The fourth-order valence-corrected chi connectivity index (χ4v) is 6.06. The second-order valence-corrected chi connectivity index (χ2v) is 12.3. The van der Waals surface area contributed by atoms with Crippen molar-refractivity contribution >= 4 is 44.5 Å². The molecule has 0 amide bonds. The van der Waals surface area contributed by atoms with Crippen molar-refractivity contribution in [1.29, 1.82) is 0 Å². The van der Waals surface area contributed by atoms with Crippen LogP contribution in [0.2, 0.25) is 0 Å². The molecule has 4 rings (SSSR count). The zero-order valence-corrected chi connectivity index (χ0v) is 21.7. The van der Waals surface area contributed by atoms with Gasteiger partial charge in [-0.1, -0.05) is 43.3 Å². The molecule has 0 aromatic heterocycles. The van der Waals surface area contributed by atoms with Crippen molar-refractivity contribution in [3.63, 3.8) is 0 Å². The normalized spacial score (nSPS) is 14.0. The van der Waals surface area contributed by atoms with E-state index in [-0.39, 0.29) is 0 Å². The van der Waals surface area contributed by atoms with Gasteiger partial charge in [0.15, 0.2) is 63.1 Å². The van der Waals surface area contributed by atoms with Crippen LogP contribution in [-0.4, -0.2) is 6.26 Å². The van der Waals surface area contributed by atoms with Crippen molar-refractivity contribution in [1.82, 2.24) is 0 Å². The van der Waals surface area contributed by atoms with Crippen molar-refractivity contribution < 1.29 is 63.3 Å². The summed E-state index contributed by atoms with van der Waals surface area (Å²) in [5.74, 6) is -28.6. The van der Waals surface area contributed by atoms with Crippen molar-refractivity contribution in [3.05, 3.63) is 82.4 Å². The molecule has 0 saturated carbocycles. The van der Waals surface area contributed by atoms with Crippen LogP contribution in [-0.2, 0) is 0 Å². The second kappa shape index (κ2) is 9.32. The predicted molar refractivity (Wildman–Crippen MR) is 123 cm³/mol. The van der Waals surface area contributed by atoms with Gasteiger partial charge in [0, 0.05) is 21.2 Å². The Morgan fingerprint density at radius 2 is 0.927 bits per heavy atom. The van der Waals surface area contributed by atoms with Crippen LogP contribution in [0.25, 0.3) is 21.9 Å². The zero-order chi connectivity index (χ0) is 31.0. The first-order valence-corrected chi connectivity index (χ1v) is 14.2. The third-order valence-electron chi connectivity index (χ3n) is 5.51. The summed E-state index contributed by atoms with van der Waals surface area (Å²) in [5, 5.41) is -3.37. The molecule has 0 aliphatic heterocycles. The van der Waals surface area contributed by atoms with E-state index in [1.165, 1.54) is 12.1 Å². The average Bonchev–Trinajstić information content (AvgIpc) is 2.88. The number of fused-ring (bicyclic) bond motifs is 1. The zero-order valence-electron chi connectivity index (χ0n) is 19.2. The van der Waals surface area contributed by atoms with Gasteiger partial charge in [-0.3, -0.25) is 0 Å². The maximum absolute atomic E-state index is 15.3. The lowest BCUT2D eigenvalue weighted by Gasteiger charge is -2.40. The van der Waals surface area contributed by atoms with Crippen LogP contribution >= 0.6 is 33.7 Å². The molecular formula is C23H7F15S3. The molecule has 0 nitrogen and oxygen atoms in total. The van der Waals surface area contributed by atoms with E-state index in [4.69, 9.17) is 0 Å². The molecule has 0 aliphatic carbocycles. The lowest BCUT2D eigenvalue weighted by Crippen LogP contribution is -2.15. The first kappa shape index (κ1) is 31.1. The van der Waals surface area contributed by atoms with E-state index in [9.17, 15) is 54.6 Å². The van der Waals surface area contributed by atoms with Gasteiger partial charge in [-0.2, -0.15) is 0 Å². The third-order valence-corrected chi connectivity index (χ3v) is 8.53. The van der Waals surface area contributed by atoms with Gasteiger partial charge in [0.2, 0.25) is 0 Å². The molecule has 0 radical (unpaired) electrons. The predicted octanol–water partition coefficient (Wildman–Crippen LogP) is 11.4. The largest absolute Gasteiger partial charge is 0.316 e. The highest BCUT2D eigenvalue weighted by molar-refractivity contribution is 8.45. The minimum absolute atomic E-state index is 0.472. The smallest absolute Gasteiger partial charge is 0.203 e. The number of halogens is 15. The van der Waals surface area contributed by atoms with Crippen LogP contribution < -0.4 is 0 Å². The Balaban J connectivity index is 2.13. The first-order chi connectivity index (χ1) is 18.6. The monoisotopic (exact) mass is 664 g/mol. The van der Waals surface area contributed by atoms with Crippen molar-refractivity contribution in [2.45, 2.75) is 19.6 Å². The van der Waals surface area contributed by atoms with Crippen LogP contribution in [0.5, 0.6) is 0 Å². The molecule has 222 valence electrons. The quantitative estimate of drug-likeness (QED) is 0.0902. The Hall–Kier alpha value is -2.86. The number of hydrogen-bond donors (Lipinski definition) is 0. The minimum atomic E-state index is -11.5. The molecule has 4 aromatic carbocycles. The fraction of sp³-hybridized carbons (Fsp3) is 0.0435. The Morgan fingerprint density at radius 1 is 0.488 bits per heavy atom. The standard InChI is InChI=1S/C23H7F15S3/c1-39-7-4-2-6(3-5-7)8-9-10(13(26)15(28)14(27)12(9)25)21(16(29)11(8)24)40-22-17(30)19(32)23(20(33)18(22)31)41(34,35,36,37)38/h2-5H,1H3. The average molecular weight is 664 g/mol. The molecular weight excluding hydrogens is 657 g/mol. The molecule has 0 saturated heterocycles. The molecule has 0 unspecified atom stereocenters. The molecule has 0 heterocycles. The Kier molecular flexibility index (Phi) is 7.07. The van der Waals surface area contributed by atoms with Gasteiger partial charge < -0.3 is 0 Å². The molecule has 0 spiro atoms. The summed E-state index contributed by atoms with van der Waals surface area (Å²) in [4.78, 5) is -8.06. The fourth-order valence-electron chi connectivity index (χ4n) is 3.75. The van der Waals surface area contributed by atoms with Crippen LogP contribution in [0.15, 0.2) is 43.8 Å². The Labute approximate surface area is 227 Å². The molecule has 0 bridgehead atoms. The summed E-state index contributed by atoms with van der Waals surface area (Å²) < 4.78 is 211. The molecule has 41 heavy (non-hydrogen) atoms. The maximum Gasteiger partial charge on any atom is 0.316 e. The van der Waals surface area contributed by atoms with Gasteiger partial charge in [0.1, 0.15) is 0 Å². The molecule has 18 heteroatoms. The third kappa shape index (κ3) is 5.07. The highest BCUT2D eigenvalue weighted by Gasteiger charge is 2.70. The summed E-state index contributed by atoms with van der Waals surface area (Å²) in [6.07, 6.45) is 1.59. The van der Waals surface area contributed by atoms with E-state index in [2.05, 4.69) is 0 Å². The summed E-state index contributed by atoms with van der Waals surface area (Å²) in [7, 11) is -11.5. The molecule has 4 aromatic rings. The van der Waals surface area contributed by atoms with E-state index in [0.717, 1.165) is 23.9 Å². The van der Waals surface area contributed by atoms with Crippen molar-refractivity contribution in [3.8, 4) is 11.1 Å². The molecule has 0 fully saturated rings.